The molecule has 1 aliphatic heterocycles. The van der Waals surface area contributed by atoms with Crippen LogP contribution in [0, 0.1) is 0 Å². The van der Waals surface area contributed by atoms with Gasteiger partial charge < -0.3 is 18.6 Å². The Labute approximate surface area is 335 Å². The van der Waals surface area contributed by atoms with E-state index in [4.69, 9.17) is 0 Å². The molecule has 8 aromatic carbocycles. The minimum Gasteiger partial charge on any atom is -0.332 e. The van der Waals surface area contributed by atoms with Crippen LogP contribution in [0.3, 0.4) is 0 Å². The minimum atomic E-state index is 0.133. The summed E-state index contributed by atoms with van der Waals surface area (Å²) in [4.78, 5) is 2.62. The second kappa shape index (κ2) is 12.0. The highest BCUT2D eigenvalue weighted by molar-refractivity contribution is 6.24. The Hall–Kier alpha value is -7.56. The van der Waals surface area contributed by atoms with Gasteiger partial charge in [0.15, 0.2) is 0 Å². The molecule has 0 saturated heterocycles. The van der Waals surface area contributed by atoms with E-state index in [1.807, 2.05) is 0 Å². The summed E-state index contributed by atoms with van der Waals surface area (Å²) in [5.74, 6) is 0.227. The Balaban J connectivity index is 1.12. The zero-order valence-electron chi connectivity index (χ0n) is 31.6. The topological polar surface area (TPSA) is 18.0 Å². The first kappa shape index (κ1) is 31.6. The van der Waals surface area contributed by atoms with Crippen LogP contribution in [-0.2, 0) is 0 Å². The van der Waals surface area contributed by atoms with Crippen LogP contribution in [0.15, 0.2) is 206 Å². The van der Waals surface area contributed by atoms with E-state index in [1.54, 1.807) is 0 Å². The van der Waals surface area contributed by atoms with E-state index >= 15 is 0 Å². The predicted octanol–water partition coefficient (Wildman–Crippen LogP) is 13.7. The zero-order chi connectivity index (χ0) is 37.9. The molecule has 1 aliphatic carbocycles. The highest BCUT2D eigenvalue weighted by atomic mass is 15.2. The molecule has 272 valence electrons. The number of anilines is 2. The van der Waals surface area contributed by atoms with E-state index in [-0.39, 0.29) is 12.0 Å². The van der Waals surface area contributed by atoms with Crippen molar-refractivity contribution in [2.24, 2.45) is 0 Å². The van der Waals surface area contributed by atoms with Gasteiger partial charge in [0, 0.05) is 61.0 Å². The number of hydrogen-bond donors (Lipinski definition) is 0. The van der Waals surface area contributed by atoms with Gasteiger partial charge in [-0.1, -0.05) is 146 Å². The molecule has 0 fully saturated rings. The van der Waals surface area contributed by atoms with Crippen molar-refractivity contribution in [3.63, 3.8) is 0 Å². The number of hydrogen-bond acceptors (Lipinski definition) is 1. The number of fused-ring (bicyclic) bond motifs is 14. The largest absolute Gasteiger partial charge is 0.332 e. The van der Waals surface area contributed by atoms with E-state index < -0.39 is 0 Å². The maximum Gasteiger partial charge on any atom is 0.0788 e. The third kappa shape index (κ3) is 4.24. The van der Waals surface area contributed by atoms with Crippen LogP contribution >= 0.6 is 0 Å². The lowest BCUT2D eigenvalue weighted by molar-refractivity contribution is 0.744. The van der Waals surface area contributed by atoms with E-state index in [0.717, 1.165) is 11.4 Å². The van der Waals surface area contributed by atoms with Gasteiger partial charge >= 0.3 is 0 Å². The fraction of sp³-hybridized carbons (Fsp3) is 0.0370. The Bertz CT molecular complexity index is 3520. The molecule has 58 heavy (non-hydrogen) atoms. The molecule has 2 atom stereocenters. The Morgan fingerprint density at radius 3 is 1.38 bits per heavy atom. The molecule has 2 unspecified atom stereocenters. The molecule has 0 bridgehead atoms. The van der Waals surface area contributed by atoms with Crippen LogP contribution in [-0.4, -0.2) is 19.7 Å². The number of rotatable bonds is 4. The van der Waals surface area contributed by atoms with Crippen molar-refractivity contribution in [3.8, 4) is 17.1 Å². The fourth-order valence-corrected chi connectivity index (χ4v) is 10.4. The van der Waals surface area contributed by atoms with E-state index in [1.165, 1.54) is 88.0 Å². The lowest BCUT2D eigenvalue weighted by Crippen LogP contribution is -2.28. The van der Waals surface area contributed by atoms with Gasteiger partial charge in [0.2, 0.25) is 0 Å². The van der Waals surface area contributed by atoms with Crippen LogP contribution in [0.4, 0.5) is 11.4 Å². The van der Waals surface area contributed by atoms with Gasteiger partial charge in [-0.15, -0.1) is 0 Å². The normalized spacial score (nSPS) is 16.1. The fourth-order valence-electron chi connectivity index (χ4n) is 10.4. The molecule has 4 nitrogen and oxygen atoms in total. The highest BCUT2D eigenvalue weighted by Gasteiger charge is 2.40. The summed E-state index contributed by atoms with van der Waals surface area (Å²) in [5.41, 5.74) is 14.5. The Kier molecular flexibility index (Phi) is 6.53. The van der Waals surface area contributed by atoms with Crippen molar-refractivity contribution in [1.29, 1.82) is 0 Å². The Morgan fingerprint density at radius 2 is 0.776 bits per heavy atom. The first-order valence-corrected chi connectivity index (χ1v) is 20.2. The Morgan fingerprint density at radius 1 is 0.328 bits per heavy atom. The van der Waals surface area contributed by atoms with Gasteiger partial charge in [-0.2, -0.15) is 0 Å². The minimum absolute atomic E-state index is 0.133. The lowest BCUT2D eigenvalue weighted by Gasteiger charge is -2.30. The van der Waals surface area contributed by atoms with Crippen molar-refractivity contribution >= 4 is 76.8 Å². The summed E-state index contributed by atoms with van der Waals surface area (Å²) in [5, 5.41) is 7.53. The first-order valence-electron chi connectivity index (χ1n) is 20.2. The molecule has 0 N–H and O–H groups in total. The van der Waals surface area contributed by atoms with Crippen LogP contribution in [0.1, 0.15) is 11.5 Å². The van der Waals surface area contributed by atoms with Gasteiger partial charge in [0.1, 0.15) is 0 Å². The number of allylic oxidation sites excluding steroid dienone is 2. The summed E-state index contributed by atoms with van der Waals surface area (Å²) in [7, 11) is 0. The zero-order valence-corrected chi connectivity index (χ0v) is 31.6. The first-order chi connectivity index (χ1) is 28.8. The molecule has 0 amide bonds. The standard InChI is InChI=1S/C54H36N4/c1-3-16-35(17-4-1)55-47-26-11-7-22-39(47)43-30-32-45-41-24-9-13-28-49(41)57(53(45)51(43)55)37-20-15-21-38(34-37)58-50-29-14-10-25-42(50)46-33-31-44-40-23-8-12-27-48(40)56(52(44)54(46)58)36-18-5-2-6-19-36/h1-34,41,49H. The van der Waals surface area contributed by atoms with Crippen molar-refractivity contribution in [2.75, 3.05) is 4.90 Å². The van der Waals surface area contributed by atoms with E-state index in [9.17, 15) is 0 Å². The maximum atomic E-state index is 2.62. The molecular weight excluding hydrogens is 705 g/mol. The second-order valence-corrected chi connectivity index (χ2v) is 15.7. The van der Waals surface area contributed by atoms with E-state index in [2.05, 4.69) is 225 Å². The van der Waals surface area contributed by atoms with Crippen LogP contribution in [0.5, 0.6) is 0 Å². The number of aromatic nitrogens is 3. The van der Waals surface area contributed by atoms with Crippen molar-refractivity contribution in [1.82, 2.24) is 13.7 Å². The summed E-state index contributed by atoms with van der Waals surface area (Å²) >= 11 is 0. The molecule has 4 heterocycles. The summed E-state index contributed by atoms with van der Waals surface area (Å²) in [6.07, 6.45) is 9.22. The van der Waals surface area contributed by atoms with Crippen molar-refractivity contribution < 1.29 is 0 Å². The molecular formula is C54H36N4. The van der Waals surface area contributed by atoms with Crippen LogP contribution in [0.25, 0.3) is 82.5 Å². The predicted molar refractivity (Wildman–Crippen MR) is 243 cm³/mol. The summed E-state index contributed by atoms with van der Waals surface area (Å²) in [6, 6.07) is 67.1. The van der Waals surface area contributed by atoms with Gasteiger partial charge in [-0.3, -0.25) is 0 Å². The third-order valence-electron chi connectivity index (χ3n) is 12.7. The number of nitrogens with zero attached hydrogens (tertiary/aromatic N) is 4. The highest BCUT2D eigenvalue weighted by Crippen LogP contribution is 2.53. The smallest absolute Gasteiger partial charge is 0.0788 e. The van der Waals surface area contributed by atoms with E-state index in [0.29, 0.717) is 0 Å². The quantitative estimate of drug-likeness (QED) is 0.176. The average Bonchev–Trinajstić information content (AvgIpc) is 4.02. The van der Waals surface area contributed by atoms with Gasteiger partial charge in [-0.25, -0.2) is 0 Å². The summed E-state index contributed by atoms with van der Waals surface area (Å²) < 4.78 is 7.46. The molecule has 0 radical (unpaired) electrons. The lowest BCUT2D eigenvalue weighted by atomic mass is 9.91. The third-order valence-corrected chi connectivity index (χ3v) is 12.7. The molecule has 2 aliphatic rings. The monoisotopic (exact) mass is 740 g/mol. The average molecular weight is 741 g/mol. The molecule has 0 spiro atoms. The number of benzene rings is 8. The van der Waals surface area contributed by atoms with Gasteiger partial charge in [0.05, 0.1) is 44.8 Å². The molecule has 11 aromatic rings. The molecule has 13 rings (SSSR count). The van der Waals surface area contributed by atoms with Gasteiger partial charge in [0.25, 0.3) is 0 Å². The second-order valence-electron chi connectivity index (χ2n) is 15.7. The van der Waals surface area contributed by atoms with Crippen LogP contribution < -0.4 is 4.90 Å². The molecule has 4 heteroatoms. The molecule has 0 saturated carbocycles. The van der Waals surface area contributed by atoms with Crippen LogP contribution in [0.2, 0.25) is 0 Å². The number of para-hydroxylation sites is 5. The van der Waals surface area contributed by atoms with Gasteiger partial charge in [-0.05, 0) is 66.2 Å². The SMILES string of the molecule is C1=CC2c3ccc4c5ccccc5n(-c5ccccc5)c4c3N(c3cccc(-n4c5ccccc5c5ccc6c7ccccc7n(-c7ccccc7)c6c54)c3)C2C=C1. The van der Waals surface area contributed by atoms with Crippen molar-refractivity contribution in [2.45, 2.75) is 12.0 Å². The van der Waals surface area contributed by atoms with Crippen molar-refractivity contribution in [3.05, 3.63) is 212 Å². The molecule has 3 aromatic heterocycles. The summed E-state index contributed by atoms with van der Waals surface area (Å²) in [6.45, 7) is 0. The maximum absolute atomic E-state index is 2.62.